The Morgan fingerprint density at radius 1 is 1.00 bits per heavy atom. The van der Waals surface area contributed by atoms with Gasteiger partial charge in [-0.25, -0.2) is 0 Å². The van der Waals surface area contributed by atoms with E-state index in [4.69, 9.17) is 15.9 Å². The second-order valence-corrected chi connectivity index (χ2v) is 7.36. The van der Waals surface area contributed by atoms with Crippen LogP contribution in [0.2, 0.25) is 0 Å². The van der Waals surface area contributed by atoms with E-state index in [0.29, 0.717) is 18.6 Å². The molecule has 166 valence electrons. The molecule has 3 rings (SSSR count). The molecule has 0 N–H and O–H groups in total. The highest BCUT2D eigenvalue weighted by molar-refractivity contribution is 5.35. The SMILES string of the molecule is C#CC1CCOC(OC(C)c2cc(C(F)(F)F)cc(C(F)(F)F)c2)C1c1ccccc1. The Bertz CT molecular complexity index is 898. The molecule has 4 unspecified atom stereocenters. The van der Waals surface area contributed by atoms with Crippen molar-refractivity contribution in [2.75, 3.05) is 6.61 Å². The molecule has 2 aromatic rings. The number of alkyl halides is 6. The van der Waals surface area contributed by atoms with Crippen LogP contribution in [0.4, 0.5) is 26.3 Å². The maximum Gasteiger partial charge on any atom is 0.416 e. The largest absolute Gasteiger partial charge is 0.416 e. The summed E-state index contributed by atoms with van der Waals surface area (Å²) in [6, 6.07) is 10.5. The van der Waals surface area contributed by atoms with Crippen LogP contribution in [-0.2, 0) is 21.8 Å². The van der Waals surface area contributed by atoms with E-state index < -0.39 is 41.8 Å². The van der Waals surface area contributed by atoms with E-state index in [1.807, 2.05) is 18.2 Å². The Hall–Kier alpha value is -2.50. The molecule has 0 bridgehead atoms. The Kier molecular flexibility index (Phi) is 6.68. The predicted octanol–water partition coefficient (Wildman–Crippen LogP) is 6.58. The van der Waals surface area contributed by atoms with Crippen molar-refractivity contribution >= 4 is 0 Å². The number of ether oxygens (including phenoxy) is 2. The Labute approximate surface area is 176 Å². The maximum atomic E-state index is 13.2. The Morgan fingerprint density at radius 2 is 1.58 bits per heavy atom. The van der Waals surface area contributed by atoms with Gasteiger partial charge in [0.05, 0.1) is 23.8 Å². The smallest absolute Gasteiger partial charge is 0.352 e. The summed E-state index contributed by atoms with van der Waals surface area (Å²) in [6.45, 7) is 1.66. The van der Waals surface area contributed by atoms with Crippen LogP contribution in [0.25, 0.3) is 0 Å². The van der Waals surface area contributed by atoms with Crippen LogP contribution in [0.15, 0.2) is 48.5 Å². The number of halogens is 6. The first-order valence-corrected chi connectivity index (χ1v) is 9.58. The molecule has 2 nitrogen and oxygen atoms in total. The molecule has 0 aromatic heterocycles. The fraction of sp³-hybridized carbons (Fsp3) is 0.391. The minimum Gasteiger partial charge on any atom is -0.352 e. The van der Waals surface area contributed by atoms with Gasteiger partial charge in [0.2, 0.25) is 0 Å². The first-order chi connectivity index (χ1) is 14.5. The first kappa shape index (κ1) is 23.2. The van der Waals surface area contributed by atoms with E-state index in [2.05, 4.69) is 5.92 Å². The van der Waals surface area contributed by atoms with Gasteiger partial charge < -0.3 is 9.47 Å². The molecule has 0 amide bonds. The van der Waals surface area contributed by atoms with Gasteiger partial charge in [-0.15, -0.1) is 12.3 Å². The van der Waals surface area contributed by atoms with Crippen LogP contribution >= 0.6 is 0 Å². The van der Waals surface area contributed by atoms with Crippen LogP contribution in [0.1, 0.15) is 47.6 Å². The van der Waals surface area contributed by atoms with Crippen molar-refractivity contribution in [1.29, 1.82) is 0 Å². The lowest BCUT2D eigenvalue weighted by atomic mass is 9.82. The molecule has 0 saturated carbocycles. The molecule has 0 radical (unpaired) electrons. The lowest BCUT2D eigenvalue weighted by molar-refractivity contribution is -0.204. The standard InChI is InChI=1S/C23H20F6O2/c1-3-15-9-10-30-21(20(15)16-7-5-4-6-8-16)31-14(2)17-11-18(22(24,25)26)13-19(12-17)23(27,28)29/h1,4-8,11-15,20-21H,9-10H2,2H3. The topological polar surface area (TPSA) is 18.5 Å². The van der Waals surface area contributed by atoms with E-state index in [9.17, 15) is 26.3 Å². The van der Waals surface area contributed by atoms with Gasteiger partial charge >= 0.3 is 12.4 Å². The Morgan fingerprint density at radius 3 is 2.10 bits per heavy atom. The fourth-order valence-electron chi connectivity index (χ4n) is 3.65. The molecule has 0 spiro atoms. The number of hydrogen-bond donors (Lipinski definition) is 0. The van der Waals surface area contributed by atoms with E-state index >= 15 is 0 Å². The van der Waals surface area contributed by atoms with Crippen LogP contribution in [0, 0.1) is 18.3 Å². The van der Waals surface area contributed by atoms with Crippen LogP contribution in [0.3, 0.4) is 0 Å². The second-order valence-electron chi connectivity index (χ2n) is 7.36. The number of terminal acetylenes is 1. The van der Waals surface area contributed by atoms with Crippen molar-refractivity contribution in [1.82, 2.24) is 0 Å². The molecule has 1 heterocycles. The summed E-state index contributed by atoms with van der Waals surface area (Å²) in [6.07, 6.45) is -5.66. The van der Waals surface area contributed by atoms with E-state index in [1.165, 1.54) is 6.92 Å². The molecule has 1 aliphatic heterocycles. The van der Waals surface area contributed by atoms with E-state index in [-0.39, 0.29) is 24.2 Å². The summed E-state index contributed by atoms with van der Waals surface area (Å²) in [5, 5.41) is 0. The molecule has 4 atom stereocenters. The molecule has 1 saturated heterocycles. The van der Waals surface area contributed by atoms with Crippen LogP contribution < -0.4 is 0 Å². The summed E-state index contributed by atoms with van der Waals surface area (Å²) in [4.78, 5) is 0. The van der Waals surface area contributed by atoms with Crippen LogP contribution in [-0.4, -0.2) is 12.9 Å². The molecular formula is C23H20F6O2. The van der Waals surface area contributed by atoms with Crippen molar-refractivity contribution in [2.24, 2.45) is 5.92 Å². The lowest BCUT2D eigenvalue weighted by Crippen LogP contribution is -2.36. The molecule has 2 aromatic carbocycles. The minimum absolute atomic E-state index is 0.0917. The molecule has 1 aliphatic rings. The van der Waals surface area contributed by atoms with Crippen LogP contribution in [0.5, 0.6) is 0 Å². The predicted molar refractivity (Wildman–Crippen MR) is 102 cm³/mol. The van der Waals surface area contributed by atoms with Crippen molar-refractivity contribution in [3.63, 3.8) is 0 Å². The van der Waals surface area contributed by atoms with Gasteiger partial charge in [0.15, 0.2) is 6.29 Å². The third-order valence-corrected chi connectivity index (χ3v) is 5.25. The number of rotatable bonds is 4. The van der Waals surface area contributed by atoms with Crippen molar-refractivity contribution in [2.45, 2.75) is 44.0 Å². The highest BCUT2D eigenvalue weighted by Crippen LogP contribution is 2.41. The maximum absolute atomic E-state index is 13.2. The zero-order chi connectivity index (χ0) is 22.8. The number of hydrogen-bond acceptors (Lipinski definition) is 2. The molecule has 0 aliphatic carbocycles. The van der Waals surface area contributed by atoms with Gasteiger partial charge in [-0.05, 0) is 42.7 Å². The summed E-state index contributed by atoms with van der Waals surface area (Å²) in [7, 11) is 0. The molecule has 8 heteroatoms. The average molecular weight is 442 g/mol. The number of benzene rings is 2. The fourth-order valence-corrected chi connectivity index (χ4v) is 3.65. The van der Waals surface area contributed by atoms with Gasteiger partial charge in [-0.2, -0.15) is 26.3 Å². The molecule has 1 fully saturated rings. The highest BCUT2D eigenvalue weighted by Gasteiger charge is 2.39. The van der Waals surface area contributed by atoms with Gasteiger partial charge in [-0.3, -0.25) is 0 Å². The van der Waals surface area contributed by atoms with Gasteiger partial charge in [0.25, 0.3) is 0 Å². The van der Waals surface area contributed by atoms with Crippen molar-refractivity contribution in [3.8, 4) is 12.3 Å². The van der Waals surface area contributed by atoms with Crippen molar-refractivity contribution in [3.05, 3.63) is 70.8 Å². The monoisotopic (exact) mass is 442 g/mol. The normalized spacial score (nSPS) is 23.2. The summed E-state index contributed by atoms with van der Waals surface area (Å²) in [5.41, 5.74) is -2.21. The summed E-state index contributed by atoms with van der Waals surface area (Å²) in [5.74, 6) is 2.04. The lowest BCUT2D eigenvalue weighted by Gasteiger charge is -2.37. The second kappa shape index (κ2) is 8.93. The van der Waals surface area contributed by atoms with Gasteiger partial charge in [0.1, 0.15) is 0 Å². The average Bonchev–Trinajstić information content (AvgIpc) is 2.72. The quantitative estimate of drug-likeness (QED) is 0.393. The van der Waals surface area contributed by atoms with Crippen molar-refractivity contribution < 1.29 is 35.8 Å². The third-order valence-electron chi connectivity index (χ3n) is 5.25. The molecular weight excluding hydrogens is 422 g/mol. The Balaban J connectivity index is 1.94. The van der Waals surface area contributed by atoms with E-state index in [1.54, 1.807) is 12.1 Å². The zero-order valence-electron chi connectivity index (χ0n) is 16.5. The van der Waals surface area contributed by atoms with E-state index in [0.717, 1.165) is 5.56 Å². The third kappa shape index (κ3) is 5.41. The van der Waals surface area contributed by atoms with Gasteiger partial charge in [0, 0.05) is 11.8 Å². The summed E-state index contributed by atoms with van der Waals surface area (Å²) < 4.78 is 90.7. The highest BCUT2D eigenvalue weighted by atomic mass is 19.4. The first-order valence-electron chi connectivity index (χ1n) is 9.58. The summed E-state index contributed by atoms with van der Waals surface area (Å²) >= 11 is 0. The minimum atomic E-state index is -4.93. The van der Waals surface area contributed by atoms with Gasteiger partial charge in [-0.1, -0.05) is 30.3 Å². The molecule has 31 heavy (non-hydrogen) atoms. The zero-order valence-corrected chi connectivity index (χ0v) is 16.5.